The number of nitrogens with one attached hydrogen (secondary N) is 3. The normalized spacial score (nSPS) is 20.8. The van der Waals surface area contributed by atoms with E-state index in [1.807, 2.05) is 13.8 Å². The van der Waals surface area contributed by atoms with Gasteiger partial charge in [-0.3, -0.25) is 9.59 Å². The second-order valence-electron chi connectivity index (χ2n) is 4.92. The fourth-order valence-corrected chi connectivity index (χ4v) is 1.95. The van der Waals surface area contributed by atoms with Crippen molar-refractivity contribution in [2.45, 2.75) is 32.4 Å². The van der Waals surface area contributed by atoms with Gasteiger partial charge >= 0.3 is 0 Å². The second kappa shape index (κ2) is 7.33. The fourth-order valence-electron chi connectivity index (χ4n) is 1.95. The van der Waals surface area contributed by atoms with Crippen LogP contribution in [-0.4, -0.2) is 50.7 Å². The van der Waals surface area contributed by atoms with E-state index in [2.05, 4.69) is 16.0 Å². The van der Waals surface area contributed by atoms with Gasteiger partial charge in [0.25, 0.3) is 0 Å². The molecule has 3 N–H and O–H groups in total. The summed E-state index contributed by atoms with van der Waals surface area (Å²) in [6, 6.07) is -0.341. The maximum absolute atomic E-state index is 12.1. The summed E-state index contributed by atoms with van der Waals surface area (Å²) in [7, 11) is 1.45. The van der Waals surface area contributed by atoms with Crippen molar-refractivity contribution in [3.05, 3.63) is 0 Å². The van der Waals surface area contributed by atoms with Gasteiger partial charge in [0.2, 0.25) is 11.8 Å². The van der Waals surface area contributed by atoms with Crippen molar-refractivity contribution in [3.63, 3.8) is 0 Å². The molecule has 2 amide bonds. The minimum atomic E-state index is -0.506. The van der Waals surface area contributed by atoms with Crippen LogP contribution in [0.2, 0.25) is 0 Å². The molecule has 18 heavy (non-hydrogen) atoms. The highest BCUT2D eigenvalue weighted by Gasteiger charge is 2.26. The number of amides is 2. The first-order chi connectivity index (χ1) is 8.54. The maximum Gasteiger partial charge on any atom is 0.246 e. The molecule has 0 saturated carbocycles. The molecule has 1 heterocycles. The second-order valence-corrected chi connectivity index (χ2v) is 4.92. The molecule has 2 atom stereocenters. The molecular formula is C12H23N3O3. The SMILES string of the molecule is COCC(=O)N[C@H](C(=O)NC1CCNC1)C(C)C. The number of carbonyl (C=O) groups excluding carboxylic acids is 2. The van der Waals surface area contributed by atoms with E-state index < -0.39 is 6.04 Å². The third-order valence-electron chi connectivity index (χ3n) is 2.95. The molecule has 0 aromatic rings. The average molecular weight is 257 g/mol. The van der Waals surface area contributed by atoms with Crippen molar-refractivity contribution in [2.24, 2.45) is 5.92 Å². The zero-order valence-corrected chi connectivity index (χ0v) is 11.3. The quantitative estimate of drug-likeness (QED) is 0.585. The summed E-state index contributed by atoms with van der Waals surface area (Å²) < 4.78 is 4.74. The molecule has 0 aromatic carbocycles. The summed E-state index contributed by atoms with van der Waals surface area (Å²) in [6.45, 7) is 5.51. The smallest absolute Gasteiger partial charge is 0.246 e. The largest absolute Gasteiger partial charge is 0.375 e. The number of carbonyl (C=O) groups is 2. The van der Waals surface area contributed by atoms with E-state index in [1.165, 1.54) is 7.11 Å². The first-order valence-corrected chi connectivity index (χ1v) is 6.34. The lowest BCUT2D eigenvalue weighted by Crippen LogP contribution is -2.53. The van der Waals surface area contributed by atoms with Crippen LogP contribution in [-0.2, 0) is 14.3 Å². The van der Waals surface area contributed by atoms with Crippen LogP contribution in [0.1, 0.15) is 20.3 Å². The zero-order chi connectivity index (χ0) is 13.5. The minimum Gasteiger partial charge on any atom is -0.375 e. The number of methoxy groups -OCH3 is 1. The van der Waals surface area contributed by atoms with Gasteiger partial charge in [0.15, 0.2) is 0 Å². The van der Waals surface area contributed by atoms with Gasteiger partial charge in [-0.1, -0.05) is 13.8 Å². The van der Waals surface area contributed by atoms with Crippen LogP contribution < -0.4 is 16.0 Å². The summed E-state index contributed by atoms with van der Waals surface area (Å²) in [4.78, 5) is 23.6. The molecule has 1 fully saturated rings. The fraction of sp³-hybridized carbons (Fsp3) is 0.833. The first-order valence-electron chi connectivity index (χ1n) is 6.34. The van der Waals surface area contributed by atoms with Gasteiger partial charge in [-0.25, -0.2) is 0 Å². The molecule has 0 spiro atoms. The predicted octanol–water partition coefficient (Wildman–Crippen LogP) is -0.748. The van der Waals surface area contributed by atoms with Gasteiger partial charge in [0.1, 0.15) is 12.6 Å². The monoisotopic (exact) mass is 257 g/mol. The van der Waals surface area contributed by atoms with Crippen molar-refractivity contribution in [1.82, 2.24) is 16.0 Å². The Hall–Kier alpha value is -1.14. The molecule has 1 aliphatic heterocycles. The van der Waals surface area contributed by atoms with E-state index in [1.54, 1.807) is 0 Å². The third-order valence-corrected chi connectivity index (χ3v) is 2.95. The summed E-state index contributed by atoms with van der Waals surface area (Å²) in [5, 5.41) is 8.83. The van der Waals surface area contributed by atoms with Gasteiger partial charge in [-0.05, 0) is 18.9 Å². The number of rotatable bonds is 6. The summed E-state index contributed by atoms with van der Waals surface area (Å²) in [6.07, 6.45) is 0.933. The van der Waals surface area contributed by atoms with E-state index in [0.29, 0.717) is 0 Å². The molecule has 0 bridgehead atoms. The Kier molecular flexibility index (Phi) is 6.07. The Morgan fingerprint density at radius 2 is 2.17 bits per heavy atom. The summed E-state index contributed by atoms with van der Waals surface area (Å²) in [5.41, 5.74) is 0. The minimum absolute atomic E-state index is 0.0263. The topological polar surface area (TPSA) is 79.5 Å². The third kappa shape index (κ3) is 4.62. The lowest BCUT2D eigenvalue weighted by Gasteiger charge is -2.23. The van der Waals surface area contributed by atoms with Crippen LogP contribution in [0, 0.1) is 5.92 Å². The lowest BCUT2D eigenvalue weighted by atomic mass is 10.0. The Labute approximate surface area is 108 Å². The molecule has 0 radical (unpaired) electrons. The molecule has 0 aromatic heterocycles. The van der Waals surface area contributed by atoms with Crippen molar-refractivity contribution >= 4 is 11.8 Å². The van der Waals surface area contributed by atoms with Crippen LogP contribution in [0.5, 0.6) is 0 Å². The van der Waals surface area contributed by atoms with E-state index in [0.717, 1.165) is 19.5 Å². The summed E-state index contributed by atoms with van der Waals surface area (Å²) >= 11 is 0. The van der Waals surface area contributed by atoms with Crippen LogP contribution in [0.3, 0.4) is 0 Å². The summed E-state index contributed by atoms with van der Waals surface area (Å²) in [5.74, 6) is -0.348. The Balaban J connectivity index is 2.49. The highest BCUT2D eigenvalue weighted by atomic mass is 16.5. The zero-order valence-electron chi connectivity index (χ0n) is 11.3. The molecule has 1 saturated heterocycles. The predicted molar refractivity (Wildman–Crippen MR) is 68.1 cm³/mol. The van der Waals surface area contributed by atoms with E-state index in [9.17, 15) is 9.59 Å². The number of hydrogen-bond acceptors (Lipinski definition) is 4. The van der Waals surface area contributed by atoms with Crippen LogP contribution >= 0.6 is 0 Å². The highest BCUT2D eigenvalue weighted by molar-refractivity contribution is 5.88. The number of hydrogen-bond donors (Lipinski definition) is 3. The van der Waals surface area contributed by atoms with Crippen LogP contribution in [0.15, 0.2) is 0 Å². The lowest BCUT2D eigenvalue weighted by molar-refractivity contribution is -0.132. The van der Waals surface area contributed by atoms with Gasteiger partial charge in [-0.15, -0.1) is 0 Å². The molecular weight excluding hydrogens is 234 g/mol. The first kappa shape index (κ1) is 14.9. The molecule has 1 aliphatic rings. The Morgan fingerprint density at radius 3 is 2.67 bits per heavy atom. The molecule has 1 unspecified atom stereocenters. The van der Waals surface area contributed by atoms with E-state index >= 15 is 0 Å². The molecule has 104 valence electrons. The highest BCUT2D eigenvalue weighted by Crippen LogP contribution is 2.04. The molecule has 0 aliphatic carbocycles. The van der Waals surface area contributed by atoms with Gasteiger partial charge in [-0.2, -0.15) is 0 Å². The standard InChI is InChI=1S/C12H23N3O3/c1-8(2)11(15-10(16)7-18-3)12(17)14-9-4-5-13-6-9/h8-9,11,13H,4-7H2,1-3H3,(H,14,17)(H,15,16)/t9?,11-/m0/s1. The van der Waals surface area contributed by atoms with Gasteiger partial charge in [0, 0.05) is 19.7 Å². The van der Waals surface area contributed by atoms with Crippen molar-refractivity contribution in [3.8, 4) is 0 Å². The molecule has 1 rings (SSSR count). The Morgan fingerprint density at radius 1 is 1.44 bits per heavy atom. The van der Waals surface area contributed by atoms with Crippen molar-refractivity contribution in [1.29, 1.82) is 0 Å². The van der Waals surface area contributed by atoms with Crippen molar-refractivity contribution < 1.29 is 14.3 Å². The van der Waals surface area contributed by atoms with E-state index in [4.69, 9.17) is 4.74 Å². The number of ether oxygens (including phenoxy) is 1. The molecule has 6 nitrogen and oxygen atoms in total. The Bertz CT molecular complexity index is 288. The van der Waals surface area contributed by atoms with Crippen LogP contribution in [0.4, 0.5) is 0 Å². The van der Waals surface area contributed by atoms with Gasteiger partial charge in [0.05, 0.1) is 0 Å². The average Bonchev–Trinajstić information content (AvgIpc) is 2.78. The van der Waals surface area contributed by atoms with Crippen molar-refractivity contribution in [2.75, 3.05) is 26.8 Å². The molecule has 6 heteroatoms. The van der Waals surface area contributed by atoms with Gasteiger partial charge < -0.3 is 20.7 Å². The maximum atomic E-state index is 12.1. The van der Waals surface area contributed by atoms with Crippen LogP contribution in [0.25, 0.3) is 0 Å². The van der Waals surface area contributed by atoms with E-state index in [-0.39, 0.29) is 30.4 Å².